The van der Waals surface area contributed by atoms with Crippen LogP contribution in [-0.2, 0) is 11.3 Å². The van der Waals surface area contributed by atoms with Crippen LogP contribution in [0.5, 0.6) is 0 Å². The number of nitrogens with one attached hydrogen (secondary N) is 1. The summed E-state index contributed by atoms with van der Waals surface area (Å²) in [5.74, 6) is -0.139. The van der Waals surface area contributed by atoms with Gasteiger partial charge < -0.3 is 15.1 Å². The predicted molar refractivity (Wildman–Crippen MR) is 128 cm³/mol. The van der Waals surface area contributed by atoms with Gasteiger partial charge in [-0.2, -0.15) is 0 Å². The van der Waals surface area contributed by atoms with Gasteiger partial charge in [-0.25, -0.2) is 4.39 Å². The van der Waals surface area contributed by atoms with Crippen LogP contribution in [0.1, 0.15) is 12.5 Å². The average Bonchev–Trinajstić information content (AvgIpc) is 2.82. The smallest absolute Gasteiger partial charge is 0.238 e. The lowest BCUT2D eigenvalue weighted by atomic mass is 10.2. The molecule has 6 nitrogen and oxygen atoms in total. The van der Waals surface area contributed by atoms with Gasteiger partial charge in [0.05, 0.1) is 6.54 Å². The molecule has 0 unspecified atom stereocenters. The summed E-state index contributed by atoms with van der Waals surface area (Å²) in [6.07, 6.45) is 0. The monoisotopic (exact) mass is 439 g/mol. The zero-order chi connectivity index (χ0) is 22.3. The molecular weight excluding hydrogens is 405 g/mol. The second-order valence-electron chi connectivity index (χ2n) is 8.66. The number of benzene rings is 2. The van der Waals surface area contributed by atoms with Gasteiger partial charge in [-0.1, -0.05) is 25.1 Å². The van der Waals surface area contributed by atoms with Crippen LogP contribution in [0.2, 0.25) is 0 Å². The van der Waals surface area contributed by atoms with Crippen LogP contribution in [0, 0.1) is 5.82 Å². The summed E-state index contributed by atoms with van der Waals surface area (Å²) in [4.78, 5) is 21.8. The SMILES string of the molecule is CCN1CCN(c2ccc(NC(=O)CN3CCN(Cc4ccccc4F)CC3)cc2)CC1. The summed E-state index contributed by atoms with van der Waals surface area (Å²) in [7, 11) is 0. The molecule has 1 amide bonds. The summed E-state index contributed by atoms with van der Waals surface area (Å²) >= 11 is 0. The first-order valence-electron chi connectivity index (χ1n) is 11.7. The number of carbonyl (C=O) groups is 1. The van der Waals surface area contributed by atoms with Crippen LogP contribution in [0.4, 0.5) is 15.8 Å². The Balaban J connectivity index is 1.19. The number of likely N-dealkylation sites (N-methyl/N-ethyl adjacent to an activating group) is 1. The molecule has 1 N–H and O–H groups in total. The summed E-state index contributed by atoms with van der Waals surface area (Å²) in [6, 6.07) is 15.1. The third kappa shape index (κ3) is 6.06. The molecule has 0 atom stereocenters. The van der Waals surface area contributed by atoms with Gasteiger partial charge in [-0.3, -0.25) is 14.6 Å². The van der Waals surface area contributed by atoms with E-state index in [2.05, 4.69) is 44.0 Å². The van der Waals surface area contributed by atoms with E-state index < -0.39 is 0 Å². The van der Waals surface area contributed by atoms with E-state index in [1.807, 2.05) is 24.3 Å². The molecule has 2 aromatic rings. The second kappa shape index (κ2) is 10.9. The van der Waals surface area contributed by atoms with Gasteiger partial charge in [0, 0.05) is 75.8 Å². The van der Waals surface area contributed by atoms with Crippen LogP contribution in [-0.4, -0.2) is 86.1 Å². The topological polar surface area (TPSA) is 42.1 Å². The minimum absolute atomic E-state index is 0.0110. The number of anilines is 2. The third-order valence-electron chi connectivity index (χ3n) is 6.52. The Bertz CT molecular complexity index is 874. The van der Waals surface area contributed by atoms with Crippen molar-refractivity contribution in [2.45, 2.75) is 13.5 Å². The third-order valence-corrected chi connectivity index (χ3v) is 6.52. The lowest BCUT2D eigenvalue weighted by Gasteiger charge is -2.35. The number of piperazine rings is 2. The molecule has 0 spiro atoms. The molecule has 2 heterocycles. The Hall–Kier alpha value is -2.48. The lowest BCUT2D eigenvalue weighted by molar-refractivity contribution is -0.117. The van der Waals surface area contributed by atoms with Crippen molar-refractivity contribution in [2.24, 2.45) is 0 Å². The Labute approximate surface area is 190 Å². The maximum atomic E-state index is 13.9. The van der Waals surface area contributed by atoms with Gasteiger partial charge in [-0.05, 0) is 36.9 Å². The number of halogens is 1. The molecule has 4 rings (SSSR count). The fraction of sp³-hybridized carbons (Fsp3) is 0.480. The highest BCUT2D eigenvalue weighted by atomic mass is 19.1. The van der Waals surface area contributed by atoms with Crippen LogP contribution in [0.15, 0.2) is 48.5 Å². The molecule has 0 bridgehead atoms. The first-order chi connectivity index (χ1) is 15.6. The minimum Gasteiger partial charge on any atom is -0.369 e. The number of nitrogens with zero attached hydrogens (tertiary/aromatic N) is 4. The van der Waals surface area contributed by atoms with E-state index in [0.717, 1.165) is 70.2 Å². The zero-order valence-electron chi connectivity index (χ0n) is 19.0. The molecule has 0 saturated carbocycles. The number of hydrogen-bond acceptors (Lipinski definition) is 5. The van der Waals surface area contributed by atoms with Crippen molar-refractivity contribution in [1.82, 2.24) is 14.7 Å². The minimum atomic E-state index is -0.149. The standard InChI is InChI=1S/C25H34FN5O/c1-2-28-15-17-31(18-16-28)23-9-7-22(8-10-23)27-25(32)20-30-13-11-29(12-14-30)19-21-5-3-4-6-24(21)26/h3-10H,2,11-20H2,1H3,(H,27,32). The molecular formula is C25H34FN5O. The van der Waals surface area contributed by atoms with Crippen molar-refractivity contribution in [3.63, 3.8) is 0 Å². The molecule has 2 aliphatic rings. The maximum absolute atomic E-state index is 13.9. The van der Waals surface area contributed by atoms with E-state index in [1.54, 1.807) is 6.07 Å². The van der Waals surface area contributed by atoms with Crippen molar-refractivity contribution in [1.29, 1.82) is 0 Å². The Kier molecular flexibility index (Phi) is 7.73. The molecule has 32 heavy (non-hydrogen) atoms. The van der Waals surface area contributed by atoms with E-state index in [4.69, 9.17) is 0 Å². The summed E-state index contributed by atoms with van der Waals surface area (Å²) < 4.78 is 13.9. The maximum Gasteiger partial charge on any atom is 0.238 e. The summed E-state index contributed by atoms with van der Waals surface area (Å²) in [5, 5.41) is 3.02. The largest absolute Gasteiger partial charge is 0.369 e. The van der Waals surface area contributed by atoms with Crippen molar-refractivity contribution < 1.29 is 9.18 Å². The molecule has 172 valence electrons. The van der Waals surface area contributed by atoms with E-state index in [9.17, 15) is 9.18 Å². The van der Waals surface area contributed by atoms with E-state index in [0.29, 0.717) is 13.1 Å². The number of amides is 1. The van der Waals surface area contributed by atoms with Gasteiger partial charge in [0.1, 0.15) is 5.82 Å². The highest BCUT2D eigenvalue weighted by Crippen LogP contribution is 2.20. The Morgan fingerprint density at radius 2 is 1.47 bits per heavy atom. The van der Waals surface area contributed by atoms with E-state index in [-0.39, 0.29) is 11.7 Å². The summed E-state index contributed by atoms with van der Waals surface area (Å²) in [6.45, 7) is 11.9. The predicted octanol–water partition coefficient (Wildman–Crippen LogP) is 2.72. The van der Waals surface area contributed by atoms with Gasteiger partial charge in [0.2, 0.25) is 5.91 Å². The highest BCUT2D eigenvalue weighted by Gasteiger charge is 2.20. The first-order valence-corrected chi connectivity index (χ1v) is 11.7. The zero-order valence-corrected chi connectivity index (χ0v) is 19.0. The second-order valence-corrected chi connectivity index (χ2v) is 8.66. The first kappa shape index (κ1) is 22.7. The van der Waals surface area contributed by atoms with E-state index >= 15 is 0 Å². The Morgan fingerprint density at radius 3 is 2.12 bits per heavy atom. The molecule has 2 fully saturated rings. The molecule has 2 aromatic carbocycles. The number of carbonyl (C=O) groups excluding carboxylic acids is 1. The van der Waals surface area contributed by atoms with Crippen LogP contribution >= 0.6 is 0 Å². The lowest BCUT2D eigenvalue weighted by Crippen LogP contribution is -2.48. The molecule has 0 aromatic heterocycles. The van der Waals surface area contributed by atoms with Crippen molar-refractivity contribution >= 4 is 17.3 Å². The van der Waals surface area contributed by atoms with Crippen molar-refractivity contribution in [3.05, 3.63) is 59.9 Å². The van der Waals surface area contributed by atoms with Crippen LogP contribution in [0.25, 0.3) is 0 Å². The molecule has 7 heteroatoms. The van der Waals surface area contributed by atoms with Crippen molar-refractivity contribution in [3.8, 4) is 0 Å². The van der Waals surface area contributed by atoms with E-state index in [1.165, 1.54) is 11.8 Å². The van der Waals surface area contributed by atoms with Gasteiger partial charge in [0.15, 0.2) is 0 Å². The van der Waals surface area contributed by atoms with Gasteiger partial charge in [0.25, 0.3) is 0 Å². The quantitative estimate of drug-likeness (QED) is 0.719. The molecule has 2 aliphatic heterocycles. The molecule has 0 aliphatic carbocycles. The number of hydrogen-bond donors (Lipinski definition) is 1. The van der Waals surface area contributed by atoms with Gasteiger partial charge in [-0.15, -0.1) is 0 Å². The molecule has 0 radical (unpaired) electrons. The fourth-order valence-electron chi connectivity index (χ4n) is 4.45. The fourth-order valence-corrected chi connectivity index (χ4v) is 4.45. The molecule has 2 saturated heterocycles. The summed E-state index contributed by atoms with van der Waals surface area (Å²) in [5.41, 5.74) is 2.78. The van der Waals surface area contributed by atoms with Gasteiger partial charge >= 0.3 is 0 Å². The normalized spacial score (nSPS) is 18.6. The van der Waals surface area contributed by atoms with Crippen molar-refractivity contribution in [2.75, 3.05) is 75.7 Å². The van der Waals surface area contributed by atoms with Crippen LogP contribution in [0.3, 0.4) is 0 Å². The number of rotatable bonds is 7. The van der Waals surface area contributed by atoms with Crippen LogP contribution < -0.4 is 10.2 Å². The highest BCUT2D eigenvalue weighted by molar-refractivity contribution is 5.92. The average molecular weight is 440 g/mol. The Morgan fingerprint density at radius 1 is 0.844 bits per heavy atom.